The molecule has 0 fully saturated rings. The standard InChI is InChI=1S/C12H15FO/c1-7(2)11-8(3)6-10(13)12-9(11)4-5-14-12/h6-7H,4-5H2,1-3H3. The Bertz CT molecular complexity index is 369. The highest BCUT2D eigenvalue weighted by atomic mass is 19.1. The molecular weight excluding hydrogens is 179 g/mol. The second-order valence-electron chi connectivity index (χ2n) is 4.15. The molecule has 0 saturated carbocycles. The molecule has 0 radical (unpaired) electrons. The molecule has 1 aromatic rings. The maximum atomic E-state index is 13.5. The molecule has 0 aliphatic carbocycles. The van der Waals surface area contributed by atoms with Gasteiger partial charge in [-0.1, -0.05) is 13.8 Å². The van der Waals surface area contributed by atoms with Crippen LogP contribution in [-0.2, 0) is 6.42 Å². The van der Waals surface area contributed by atoms with Crippen molar-refractivity contribution in [1.29, 1.82) is 0 Å². The molecule has 0 saturated heterocycles. The van der Waals surface area contributed by atoms with Gasteiger partial charge >= 0.3 is 0 Å². The van der Waals surface area contributed by atoms with Crippen molar-refractivity contribution < 1.29 is 9.13 Å². The SMILES string of the molecule is Cc1cc(F)c2c(c1C(C)C)CCO2. The van der Waals surface area contributed by atoms with Crippen LogP contribution in [0.3, 0.4) is 0 Å². The first-order valence-corrected chi connectivity index (χ1v) is 5.06. The third kappa shape index (κ3) is 1.29. The van der Waals surface area contributed by atoms with Crippen LogP contribution >= 0.6 is 0 Å². The minimum absolute atomic E-state index is 0.209. The zero-order valence-corrected chi connectivity index (χ0v) is 8.86. The van der Waals surface area contributed by atoms with E-state index < -0.39 is 0 Å². The summed E-state index contributed by atoms with van der Waals surface area (Å²) in [6.45, 7) is 6.87. The average molecular weight is 194 g/mol. The Balaban J connectivity index is 2.66. The largest absolute Gasteiger partial charge is 0.490 e. The van der Waals surface area contributed by atoms with Crippen LogP contribution in [0.15, 0.2) is 6.07 Å². The summed E-state index contributed by atoms with van der Waals surface area (Å²) < 4.78 is 18.8. The Kier molecular flexibility index (Phi) is 2.22. The van der Waals surface area contributed by atoms with Crippen molar-refractivity contribution in [3.63, 3.8) is 0 Å². The monoisotopic (exact) mass is 194 g/mol. The van der Waals surface area contributed by atoms with Gasteiger partial charge in [0.25, 0.3) is 0 Å². The first-order valence-electron chi connectivity index (χ1n) is 5.06. The van der Waals surface area contributed by atoms with Crippen molar-refractivity contribution in [3.8, 4) is 5.75 Å². The lowest BCUT2D eigenvalue weighted by atomic mass is 9.91. The molecule has 2 rings (SSSR count). The van der Waals surface area contributed by atoms with Crippen LogP contribution < -0.4 is 4.74 Å². The van der Waals surface area contributed by atoms with E-state index in [4.69, 9.17) is 4.74 Å². The molecule has 14 heavy (non-hydrogen) atoms. The van der Waals surface area contributed by atoms with Crippen LogP contribution in [0.25, 0.3) is 0 Å². The van der Waals surface area contributed by atoms with Crippen LogP contribution in [0, 0.1) is 12.7 Å². The van der Waals surface area contributed by atoms with E-state index in [1.54, 1.807) is 6.07 Å². The molecule has 0 bridgehead atoms. The molecule has 1 nitrogen and oxygen atoms in total. The Labute approximate surface area is 83.9 Å². The van der Waals surface area contributed by atoms with E-state index >= 15 is 0 Å². The lowest BCUT2D eigenvalue weighted by Gasteiger charge is -2.14. The van der Waals surface area contributed by atoms with Crippen molar-refractivity contribution in [2.45, 2.75) is 33.1 Å². The van der Waals surface area contributed by atoms with Gasteiger partial charge in [-0.05, 0) is 30.0 Å². The van der Waals surface area contributed by atoms with Crippen molar-refractivity contribution in [3.05, 3.63) is 28.6 Å². The molecule has 1 aliphatic rings. The summed E-state index contributed by atoms with van der Waals surface area (Å²) in [6.07, 6.45) is 0.849. The number of hydrogen-bond donors (Lipinski definition) is 0. The molecule has 0 unspecified atom stereocenters. The topological polar surface area (TPSA) is 9.23 Å². The van der Waals surface area contributed by atoms with Crippen LogP contribution in [0.5, 0.6) is 5.75 Å². The van der Waals surface area contributed by atoms with Gasteiger partial charge in [0, 0.05) is 12.0 Å². The fourth-order valence-corrected chi connectivity index (χ4v) is 2.30. The highest BCUT2D eigenvalue weighted by molar-refractivity contribution is 5.49. The number of ether oxygens (including phenoxy) is 1. The normalized spacial score (nSPS) is 14.4. The van der Waals surface area contributed by atoms with E-state index in [1.807, 2.05) is 6.92 Å². The van der Waals surface area contributed by atoms with Crippen LogP contribution in [0.4, 0.5) is 4.39 Å². The van der Waals surface area contributed by atoms with E-state index in [2.05, 4.69) is 13.8 Å². The molecule has 0 N–H and O–H groups in total. The number of aryl methyl sites for hydroxylation is 1. The fourth-order valence-electron chi connectivity index (χ4n) is 2.30. The highest BCUT2D eigenvalue weighted by Gasteiger charge is 2.23. The summed E-state index contributed by atoms with van der Waals surface area (Å²) >= 11 is 0. The van der Waals surface area contributed by atoms with Crippen molar-refractivity contribution in [2.24, 2.45) is 0 Å². The Morgan fingerprint density at radius 2 is 2.14 bits per heavy atom. The lowest BCUT2D eigenvalue weighted by Crippen LogP contribution is -1.99. The molecule has 76 valence electrons. The zero-order valence-electron chi connectivity index (χ0n) is 8.86. The maximum absolute atomic E-state index is 13.5. The van der Waals surface area contributed by atoms with Crippen LogP contribution in [0.1, 0.15) is 36.5 Å². The van der Waals surface area contributed by atoms with Gasteiger partial charge in [0.1, 0.15) is 0 Å². The predicted octanol–water partition coefficient (Wildman–Crippen LogP) is 3.19. The van der Waals surface area contributed by atoms with E-state index in [1.165, 1.54) is 5.56 Å². The van der Waals surface area contributed by atoms with E-state index in [0.717, 1.165) is 17.5 Å². The molecule has 0 spiro atoms. The maximum Gasteiger partial charge on any atom is 0.165 e. The molecule has 1 aliphatic heterocycles. The van der Waals surface area contributed by atoms with Crippen LogP contribution in [-0.4, -0.2) is 6.61 Å². The van der Waals surface area contributed by atoms with E-state index in [-0.39, 0.29) is 5.82 Å². The van der Waals surface area contributed by atoms with Gasteiger partial charge in [0.15, 0.2) is 11.6 Å². The molecule has 1 aromatic carbocycles. The van der Waals surface area contributed by atoms with Crippen molar-refractivity contribution in [1.82, 2.24) is 0 Å². The third-order valence-electron chi connectivity index (χ3n) is 2.76. The Hall–Kier alpha value is -1.05. The quantitative estimate of drug-likeness (QED) is 0.667. The Morgan fingerprint density at radius 1 is 1.43 bits per heavy atom. The molecule has 1 heterocycles. The summed E-state index contributed by atoms with van der Waals surface area (Å²) in [5.74, 6) is 0.713. The molecule has 0 amide bonds. The van der Waals surface area contributed by atoms with Crippen LogP contribution in [0.2, 0.25) is 0 Å². The van der Waals surface area contributed by atoms with E-state index in [0.29, 0.717) is 18.3 Å². The third-order valence-corrected chi connectivity index (χ3v) is 2.76. The van der Waals surface area contributed by atoms with Gasteiger partial charge < -0.3 is 4.74 Å². The molecule has 2 heteroatoms. The minimum atomic E-state index is -0.209. The van der Waals surface area contributed by atoms with Crippen molar-refractivity contribution in [2.75, 3.05) is 6.61 Å². The van der Waals surface area contributed by atoms with Crippen molar-refractivity contribution >= 4 is 0 Å². The fraction of sp³-hybridized carbons (Fsp3) is 0.500. The molecular formula is C12H15FO. The summed E-state index contributed by atoms with van der Waals surface area (Å²) in [6, 6.07) is 1.58. The highest BCUT2D eigenvalue weighted by Crippen LogP contribution is 2.36. The smallest absolute Gasteiger partial charge is 0.165 e. The predicted molar refractivity (Wildman–Crippen MR) is 54.4 cm³/mol. The second-order valence-corrected chi connectivity index (χ2v) is 4.15. The number of rotatable bonds is 1. The number of hydrogen-bond acceptors (Lipinski definition) is 1. The van der Waals surface area contributed by atoms with Gasteiger partial charge in [-0.15, -0.1) is 0 Å². The van der Waals surface area contributed by atoms with Gasteiger partial charge in [-0.3, -0.25) is 0 Å². The number of benzene rings is 1. The minimum Gasteiger partial charge on any atom is -0.490 e. The average Bonchev–Trinajstić information content (AvgIpc) is 2.51. The summed E-state index contributed by atoms with van der Waals surface area (Å²) in [4.78, 5) is 0. The summed E-state index contributed by atoms with van der Waals surface area (Å²) in [7, 11) is 0. The lowest BCUT2D eigenvalue weighted by molar-refractivity contribution is 0.339. The second kappa shape index (κ2) is 3.26. The molecule has 0 aromatic heterocycles. The van der Waals surface area contributed by atoms with E-state index in [9.17, 15) is 4.39 Å². The summed E-state index contributed by atoms with van der Waals surface area (Å²) in [5, 5.41) is 0. The number of fused-ring (bicyclic) bond motifs is 1. The zero-order chi connectivity index (χ0) is 10.3. The Morgan fingerprint density at radius 3 is 2.79 bits per heavy atom. The molecule has 0 atom stereocenters. The summed E-state index contributed by atoms with van der Waals surface area (Å²) in [5.41, 5.74) is 3.39. The van der Waals surface area contributed by atoms with Gasteiger partial charge in [0.2, 0.25) is 0 Å². The van der Waals surface area contributed by atoms with Gasteiger partial charge in [-0.25, -0.2) is 4.39 Å². The van der Waals surface area contributed by atoms with Gasteiger partial charge in [0.05, 0.1) is 6.61 Å². The number of halogens is 1. The first kappa shape index (κ1) is 9.50. The van der Waals surface area contributed by atoms with Gasteiger partial charge in [-0.2, -0.15) is 0 Å². The first-order chi connectivity index (χ1) is 6.61.